The van der Waals surface area contributed by atoms with Crippen LogP contribution in [0.25, 0.3) is 10.9 Å². The van der Waals surface area contributed by atoms with Gasteiger partial charge >= 0.3 is 0 Å². The molecule has 0 amide bonds. The zero-order chi connectivity index (χ0) is 12.3. The van der Waals surface area contributed by atoms with Gasteiger partial charge in [-0.25, -0.2) is 0 Å². The van der Waals surface area contributed by atoms with Gasteiger partial charge in [0.05, 0.1) is 0 Å². The van der Waals surface area contributed by atoms with E-state index in [-0.39, 0.29) is 0 Å². The number of nitrogens with one attached hydrogen (secondary N) is 1. The van der Waals surface area contributed by atoms with Crippen LogP contribution in [0, 0.1) is 5.92 Å². The highest BCUT2D eigenvalue weighted by atomic mass is 15.1. The molecule has 1 aliphatic carbocycles. The Balaban J connectivity index is 1.92. The summed E-state index contributed by atoms with van der Waals surface area (Å²) in [5.74, 6) is 1.54. The second-order valence-electron chi connectivity index (χ2n) is 6.24. The monoisotopic (exact) mass is 240 g/mol. The van der Waals surface area contributed by atoms with E-state index in [4.69, 9.17) is 0 Å². The Hall–Kier alpha value is -1.28. The summed E-state index contributed by atoms with van der Waals surface area (Å²) < 4.78 is 0. The Morgan fingerprint density at radius 2 is 2.22 bits per heavy atom. The molecule has 1 unspecified atom stereocenters. The minimum absolute atomic E-state index is 0.704. The maximum absolute atomic E-state index is 3.44. The first-order chi connectivity index (χ1) is 8.74. The lowest BCUT2D eigenvalue weighted by Gasteiger charge is -2.44. The Morgan fingerprint density at radius 1 is 1.33 bits per heavy atom. The van der Waals surface area contributed by atoms with Crippen LogP contribution in [0.3, 0.4) is 0 Å². The number of H-pyrrole nitrogens is 1. The molecule has 2 aliphatic rings. The van der Waals surface area contributed by atoms with E-state index < -0.39 is 0 Å². The van der Waals surface area contributed by atoms with Crippen LogP contribution in [-0.2, 0) is 6.42 Å². The molecular weight excluding hydrogens is 220 g/mol. The van der Waals surface area contributed by atoms with E-state index in [1.165, 1.54) is 35.9 Å². The van der Waals surface area contributed by atoms with E-state index >= 15 is 0 Å². The number of likely N-dealkylation sites (N-methyl/N-ethyl adjacent to an activating group) is 1. The molecule has 1 aromatic carbocycles. The van der Waals surface area contributed by atoms with Crippen LogP contribution in [0.1, 0.15) is 30.4 Å². The number of nitrogens with zero attached hydrogens (tertiary/aromatic N) is 1. The number of piperidine rings is 1. The lowest BCUT2D eigenvalue weighted by molar-refractivity contribution is 0.119. The van der Waals surface area contributed by atoms with Gasteiger partial charge in [-0.1, -0.05) is 19.1 Å². The maximum Gasteiger partial charge on any atom is 0.0459 e. The van der Waals surface area contributed by atoms with Crippen molar-refractivity contribution in [2.24, 2.45) is 5.92 Å². The minimum Gasteiger partial charge on any atom is -0.361 e. The van der Waals surface area contributed by atoms with Gasteiger partial charge in [0.1, 0.15) is 0 Å². The van der Waals surface area contributed by atoms with Gasteiger partial charge in [0.25, 0.3) is 0 Å². The Morgan fingerprint density at radius 3 is 3.11 bits per heavy atom. The van der Waals surface area contributed by atoms with Crippen molar-refractivity contribution >= 4 is 10.9 Å². The van der Waals surface area contributed by atoms with Crippen molar-refractivity contribution in [3.05, 3.63) is 35.5 Å². The average Bonchev–Trinajstić information content (AvgIpc) is 2.76. The van der Waals surface area contributed by atoms with E-state index in [0.717, 1.165) is 11.8 Å². The zero-order valence-corrected chi connectivity index (χ0v) is 11.1. The van der Waals surface area contributed by atoms with Crippen molar-refractivity contribution in [2.45, 2.75) is 31.7 Å². The van der Waals surface area contributed by atoms with E-state index in [9.17, 15) is 0 Å². The van der Waals surface area contributed by atoms with E-state index in [2.05, 4.69) is 48.3 Å². The lowest BCUT2D eigenvalue weighted by Crippen LogP contribution is -2.47. The summed E-state index contributed by atoms with van der Waals surface area (Å²) in [6, 6.07) is 7.47. The van der Waals surface area contributed by atoms with Gasteiger partial charge in [0.15, 0.2) is 0 Å². The fourth-order valence-corrected chi connectivity index (χ4v) is 4.21. The number of aromatic amines is 1. The van der Waals surface area contributed by atoms with E-state index in [1.807, 2.05) is 0 Å². The minimum atomic E-state index is 0.704. The van der Waals surface area contributed by atoms with Crippen LogP contribution in [-0.4, -0.2) is 29.5 Å². The lowest BCUT2D eigenvalue weighted by atomic mass is 9.73. The smallest absolute Gasteiger partial charge is 0.0459 e. The molecule has 18 heavy (non-hydrogen) atoms. The van der Waals surface area contributed by atoms with Crippen LogP contribution in [0.4, 0.5) is 0 Å². The SMILES string of the molecule is C[C@@H]1CC2c3cccc4[nH]cc(c34)C[C@H]2N(C)C1. The molecule has 0 bridgehead atoms. The number of aromatic nitrogens is 1. The predicted molar refractivity (Wildman–Crippen MR) is 74.9 cm³/mol. The second-order valence-corrected chi connectivity index (χ2v) is 6.24. The quantitative estimate of drug-likeness (QED) is 0.749. The molecule has 3 atom stereocenters. The summed E-state index contributed by atoms with van der Waals surface area (Å²) >= 11 is 0. The van der Waals surface area contributed by atoms with Crippen molar-refractivity contribution < 1.29 is 0 Å². The third kappa shape index (κ3) is 1.33. The van der Waals surface area contributed by atoms with Gasteiger partial charge in [0.2, 0.25) is 0 Å². The Bertz CT molecular complexity index is 598. The highest BCUT2D eigenvalue weighted by molar-refractivity contribution is 5.88. The number of benzene rings is 1. The highest BCUT2D eigenvalue weighted by Gasteiger charge is 2.37. The van der Waals surface area contributed by atoms with Gasteiger partial charge in [-0.2, -0.15) is 0 Å². The normalized spacial score (nSPS) is 31.6. The zero-order valence-electron chi connectivity index (χ0n) is 11.1. The number of hydrogen-bond donors (Lipinski definition) is 1. The largest absolute Gasteiger partial charge is 0.361 e. The van der Waals surface area contributed by atoms with Gasteiger partial charge in [0, 0.05) is 35.6 Å². The molecule has 0 spiro atoms. The molecule has 1 saturated heterocycles. The average molecular weight is 240 g/mol. The van der Waals surface area contributed by atoms with Crippen LogP contribution in [0.2, 0.25) is 0 Å². The third-order valence-corrected chi connectivity index (χ3v) is 4.93. The maximum atomic E-state index is 3.44. The fraction of sp³-hybridized carbons (Fsp3) is 0.500. The molecular formula is C16H20N2. The molecule has 4 rings (SSSR count). The molecule has 0 saturated carbocycles. The topological polar surface area (TPSA) is 19.0 Å². The molecule has 0 radical (unpaired) electrons. The molecule has 1 aliphatic heterocycles. The second kappa shape index (κ2) is 3.61. The fourth-order valence-electron chi connectivity index (χ4n) is 4.21. The van der Waals surface area contributed by atoms with Crippen LogP contribution >= 0.6 is 0 Å². The summed E-state index contributed by atoms with van der Waals surface area (Å²) in [6.07, 6.45) is 4.78. The van der Waals surface area contributed by atoms with Crippen molar-refractivity contribution in [1.82, 2.24) is 9.88 Å². The van der Waals surface area contributed by atoms with E-state index in [0.29, 0.717) is 6.04 Å². The molecule has 94 valence electrons. The molecule has 2 nitrogen and oxygen atoms in total. The summed E-state index contributed by atoms with van der Waals surface area (Å²) in [4.78, 5) is 6.01. The number of likely N-dealkylation sites (tertiary alicyclic amines) is 1. The number of fused-ring (bicyclic) bond motifs is 2. The predicted octanol–water partition coefficient (Wildman–Crippen LogP) is 3.15. The molecule has 1 aromatic heterocycles. The summed E-state index contributed by atoms with van der Waals surface area (Å²) in [5, 5.41) is 1.52. The van der Waals surface area contributed by atoms with E-state index in [1.54, 1.807) is 5.56 Å². The van der Waals surface area contributed by atoms with Crippen molar-refractivity contribution in [3.8, 4) is 0 Å². The van der Waals surface area contributed by atoms with Crippen LogP contribution in [0.15, 0.2) is 24.4 Å². The Labute approximate surface area is 108 Å². The van der Waals surface area contributed by atoms with Gasteiger partial charge < -0.3 is 9.88 Å². The first-order valence-corrected chi connectivity index (χ1v) is 7.03. The molecule has 2 heterocycles. The van der Waals surface area contributed by atoms with Crippen molar-refractivity contribution in [2.75, 3.05) is 13.6 Å². The van der Waals surface area contributed by atoms with Gasteiger partial charge in [-0.15, -0.1) is 0 Å². The standard InChI is InChI=1S/C16H20N2/c1-10-6-13-12-4-3-5-14-16(12)11(8-17-14)7-15(13)18(2)9-10/h3-5,8,10,13,15,17H,6-7,9H2,1-2H3/t10-,13?,15-/m1/s1. The van der Waals surface area contributed by atoms with Gasteiger partial charge in [-0.3, -0.25) is 0 Å². The van der Waals surface area contributed by atoms with Crippen LogP contribution in [0.5, 0.6) is 0 Å². The van der Waals surface area contributed by atoms with Crippen molar-refractivity contribution in [1.29, 1.82) is 0 Å². The molecule has 1 N–H and O–H groups in total. The number of hydrogen-bond acceptors (Lipinski definition) is 1. The van der Waals surface area contributed by atoms with Gasteiger partial charge in [-0.05, 0) is 43.0 Å². The molecule has 2 heteroatoms. The third-order valence-electron chi connectivity index (χ3n) is 4.93. The summed E-state index contributed by atoms with van der Waals surface area (Å²) in [5.41, 5.74) is 4.42. The molecule has 1 fully saturated rings. The summed E-state index contributed by atoms with van der Waals surface area (Å²) in [7, 11) is 2.30. The Kier molecular flexibility index (Phi) is 2.13. The first kappa shape index (κ1) is 10.6. The summed E-state index contributed by atoms with van der Waals surface area (Å²) in [6.45, 7) is 3.64. The first-order valence-electron chi connectivity index (χ1n) is 7.03. The van der Waals surface area contributed by atoms with Crippen LogP contribution < -0.4 is 0 Å². The number of rotatable bonds is 0. The molecule has 2 aromatic rings. The highest BCUT2D eigenvalue weighted by Crippen LogP contribution is 2.43. The van der Waals surface area contributed by atoms with Crippen molar-refractivity contribution in [3.63, 3.8) is 0 Å².